The fraction of sp³-hybridized carbons (Fsp3) is 0.150. The number of rotatable bonds is 7. The summed E-state index contributed by atoms with van der Waals surface area (Å²) in [5.74, 6) is -0.293. The van der Waals surface area contributed by atoms with E-state index in [1.165, 1.54) is 29.2 Å². The molecule has 30 heavy (non-hydrogen) atoms. The smallest absolute Gasteiger partial charge is 0.326 e. The van der Waals surface area contributed by atoms with Crippen molar-refractivity contribution in [2.75, 3.05) is 13.7 Å². The van der Waals surface area contributed by atoms with E-state index in [1.807, 2.05) is 12.1 Å². The van der Waals surface area contributed by atoms with Crippen LogP contribution in [-0.2, 0) is 20.9 Å². The summed E-state index contributed by atoms with van der Waals surface area (Å²) < 4.78 is 10.5. The normalized spacial score (nSPS) is 14.8. The number of hydrogen-bond acceptors (Lipinski definition) is 8. The number of carbonyl (C=O) groups is 2. The van der Waals surface area contributed by atoms with Crippen molar-refractivity contribution in [1.29, 1.82) is 0 Å². The molecule has 8 nitrogen and oxygen atoms in total. The van der Waals surface area contributed by atoms with E-state index in [4.69, 9.17) is 21.7 Å². The number of carbonyl (C=O) groups excluding carboxylic acids is 2. The number of methoxy groups -OCH3 is 1. The molecule has 3 rings (SSSR count). The molecule has 1 heterocycles. The molecule has 0 aliphatic carbocycles. The summed E-state index contributed by atoms with van der Waals surface area (Å²) in [4.78, 5) is 36.5. The molecule has 1 saturated heterocycles. The van der Waals surface area contributed by atoms with Gasteiger partial charge in [0, 0.05) is 12.1 Å². The van der Waals surface area contributed by atoms with Gasteiger partial charge in [0.1, 0.15) is 23.2 Å². The van der Waals surface area contributed by atoms with E-state index in [0.29, 0.717) is 16.2 Å². The highest BCUT2D eigenvalue weighted by Crippen LogP contribution is 2.32. The molecule has 0 N–H and O–H groups in total. The molecule has 1 amide bonds. The van der Waals surface area contributed by atoms with Gasteiger partial charge in [0.2, 0.25) is 0 Å². The van der Waals surface area contributed by atoms with Gasteiger partial charge in [0.25, 0.3) is 11.6 Å². The molecule has 0 spiro atoms. The lowest BCUT2D eigenvalue weighted by Gasteiger charge is -2.13. The van der Waals surface area contributed by atoms with Gasteiger partial charge in [0.05, 0.1) is 16.9 Å². The van der Waals surface area contributed by atoms with Gasteiger partial charge in [-0.05, 0) is 41.5 Å². The van der Waals surface area contributed by atoms with Crippen molar-refractivity contribution in [2.24, 2.45) is 0 Å². The number of thiocarbonyl (C=S) groups is 1. The van der Waals surface area contributed by atoms with Gasteiger partial charge >= 0.3 is 5.97 Å². The summed E-state index contributed by atoms with van der Waals surface area (Å²) in [6.45, 7) is -0.370. The van der Waals surface area contributed by atoms with Gasteiger partial charge in [-0.2, -0.15) is 0 Å². The van der Waals surface area contributed by atoms with Crippen molar-refractivity contribution >= 4 is 51.9 Å². The summed E-state index contributed by atoms with van der Waals surface area (Å²) in [7, 11) is 1.57. The first-order valence-electron chi connectivity index (χ1n) is 8.66. The number of ether oxygens (including phenoxy) is 2. The zero-order chi connectivity index (χ0) is 21.7. The third-order valence-corrected chi connectivity index (χ3v) is 5.50. The molecule has 0 radical (unpaired) electrons. The van der Waals surface area contributed by atoms with Crippen LogP contribution in [0.2, 0.25) is 0 Å². The molecule has 0 aromatic heterocycles. The molecule has 0 unspecified atom stereocenters. The molecule has 2 aromatic carbocycles. The van der Waals surface area contributed by atoms with Crippen molar-refractivity contribution in [3.05, 3.63) is 74.7 Å². The van der Waals surface area contributed by atoms with E-state index in [2.05, 4.69) is 0 Å². The number of nitrogens with zero attached hydrogens (tertiary/aromatic N) is 2. The molecule has 1 aliphatic heterocycles. The van der Waals surface area contributed by atoms with Gasteiger partial charge in [-0.25, -0.2) is 0 Å². The summed E-state index contributed by atoms with van der Waals surface area (Å²) in [6, 6.07) is 12.8. The molecule has 154 valence electrons. The van der Waals surface area contributed by atoms with Crippen LogP contribution in [0.25, 0.3) is 6.08 Å². The van der Waals surface area contributed by atoms with Crippen LogP contribution in [0.15, 0.2) is 53.4 Å². The fourth-order valence-corrected chi connectivity index (χ4v) is 3.80. The second kappa shape index (κ2) is 9.51. The third kappa shape index (κ3) is 5.22. The van der Waals surface area contributed by atoms with Crippen LogP contribution in [0.1, 0.15) is 11.1 Å². The Balaban J connectivity index is 1.58. The molecule has 10 heteroatoms. The number of esters is 1. The highest BCUT2D eigenvalue weighted by Gasteiger charge is 2.33. The highest BCUT2D eigenvalue weighted by atomic mass is 32.2. The van der Waals surface area contributed by atoms with Gasteiger partial charge in [-0.15, -0.1) is 0 Å². The Labute approximate surface area is 181 Å². The minimum Gasteiger partial charge on any atom is -0.497 e. The van der Waals surface area contributed by atoms with Crippen LogP contribution >= 0.6 is 24.0 Å². The maximum Gasteiger partial charge on any atom is 0.326 e. The van der Waals surface area contributed by atoms with Crippen LogP contribution < -0.4 is 4.74 Å². The van der Waals surface area contributed by atoms with Crippen LogP contribution in [0.5, 0.6) is 5.75 Å². The lowest BCUT2D eigenvalue weighted by atomic mass is 10.2. The average Bonchev–Trinajstić information content (AvgIpc) is 3.00. The van der Waals surface area contributed by atoms with Gasteiger partial charge < -0.3 is 9.47 Å². The first-order valence-corrected chi connectivity index (χ1v) is 9.88. The molecule has 1 fully saturated rings. The average molecular weight is 444 g/mol. The maximum atomic E-state index is 12.6. The van der Waals surface area contributed by atoms with E-state index in [9.17, 15) is 19.7 Å². The molecular weight excluding hydrogens is 428 g/mol. The number of amides is 1. The second-order valence-corrected chi connectivity index (χ2v) is 7.80. The third-order valence-electron chi connectivity index (χ3n) is 4.12. The largest absolute Gasteiger partial charge is 0.497 e. The van der Waals surface area contributed by atoms with Gasteiger partial charge in [-0.3, -0.25) is 24.6 Å². The zero-order valence-electron chi connectivity index (χ0n) is 15.8. The lowest BCUT2D eigenvalue weighted by Crippen LogP contribution is -2.34. The van der Waals surface area contributed by atoms with Crippen LogP contribution in [0.3, 0.4) is 0 Å². The van der Waals surface area contributed by atoms with E-state index in [1.54, 1.807) is 25.3 Å². The number of thioether (sulfide) groups is 1. The minimum absolute atomic E-state index is 0.0497. The molecule has 1 aliphatic rings. The van der Waals surface area contributed by atoms with E-state index < -0.39 is 10.9 Å². The summed E-state index contributed by atoms with van der Waals surface area (Å²) in [6.07, 6.45) is 1.70. The van der Waals surface area contributed by atoms with E-state index in [-0.39, 0.29) is 29.1 Å². The Morgan fingerprint density at radius 2 is 1.87 bits per heavy atom. The molecule has 0 saturated carbocycles. The second-order valence-electron chi connectivity index (χ2n) is 6.13. The summed E-state index contributed by atoms with van der Waals surface area (Å²) in [5, 5.41) is 10.7. The van der Waals surface area contributed by atoms with Gasteiger partial charge in [0.15, 0.2) is 0 Å². The number of non-ortho nitro benzene ring substituents is 1. The maximum absolute atomic E-state index is 12.6. The Hall–Kier alpha value is -3.24. The molecule has 0 bridgehead atoms. The summed E-state index contributed by atoms with van der Waals surface area (Å²) in [5.41, 5.74) is 1.35. The van der Waals surface area contributed by atoms with E-state index >= 15 is 0 Å². The van der Waals surface area contributed by atoms with E-state index in [0.717, 1.165) is 17.3 Å². The Bertz CT molecular complexity index is 1020. The van der Waals surface area contributed by atoms with Crippen molar-refractivity contribution in [3.8, 4) is 5.75 Å². The Kier molecular flexibility index (Phi) is 6.80. The Morgan fingerprint density at radius 3 is 2.47 bits per heavy atom. The zero-order valence-corrected chi connectivity index (χ0v) is 17.4. The monoisotopic (exact) mass is 444 g/mol. The van der Waals surface area contributed by atoms with Crippen LogP contribution in [0.4, 0.5) is 5.69 Å². The lowest BCUT2D eigenvalue weighted by molar-refractivity contribution is -0.384. The van der Waals surface area contributed by atoms with Crippen molar-refractivity contribution in [2.45, 2.75) is 6.61 Å². The topological polar surface area (TPSA) is 99.0 Å². The molecule has 0 atom stereocenters. The van der Waals surface area contributed by atoms with Gasteiger partial charge in [-0.1, -0.05) is 36.1 Å². The minimum atomic E-state index is -0.629. The first-order chi connectivity index (χ1) is 14.4. The van der Waals surface area contributed by atoms with Crippen molar-refractivity contribution in [1.82, 2.24) is 4.90 Å². The first kappa shape index (κ1) is 21.5. The number of benzene rings is 2. The molecule has 2 aromatic rings. The predicted molar refractivity (Wildman–Crippen MR) is 116 cm³/mol. The number of nitro benzene ring substituents is 1. The molecular formula is C20H16N2O6S2. The van der Waals surface area contributed by atoms with Crippen LogP contribution in [0, 0.1) is 10.1 Å². The predicted octanol–water partition coefficient (Wildman–Crippen LogP) is 3.55. The Morgan fingerprint density at radius 1 is 1.20 bits per heavy atom. The SMILES string of the molecule is COc1ccc(C=C2SC(=S)N(CC(=O)OCc3ccc([N+](=O)[O-])cc3)C2=O)cc1. The number of nitro groups is 1. The van der Waals surface area contributed by atoms with Crippen LogP contribution in [-0.4, -0.2) is 39.7 Å². The quantitative estimate of drug-likeness (QED) is 0.210. The van der Waals surface area contributed by atoms with Crippen molar-refractivity contribution < 1.29 is 24.0 Å². The fourth-order valence-electron chi connectivity index (χ4n) is 2.54. The highest BCUT2D eigenvalue weighted by molar-refractivity contribution is 8.26. The van der Waals surface area contributed by atoms with Crippen molar-refractivity contribution in [3.63, 3.8) is 0 Å². The summed E-state index contributed by atoms with van der Waals surface area (Å²) >= 11 is 6.33. The standard InChI is InChI=1S/C20H16N2O6S2/c1-27-16-8-4-13(5-9-16)10-17-19(24)21(20(29)30-17)11-18(23)28-12-14-2-6-15(7-3-14)22(25)26/h2-10H,11-12H2,1H3. The number of hydrogen-bond donors (Lipinski definition) is 0.